The zero-order valence-electron chi connectivity index (χ0n) is 14.6. The molecule has 2 unspecified atom stereocenters. The highest BCUT2D eigenvalue weighted by Crippen LogP contribution is 2.26. The molecule has 2 fully saturated rings. The van der Waals surface area contributed by atoms with Gasteiger partial charge in [-0.15, -0.1) is 0 Å². The molecule has 1 heterocycles. The lowest BCUT2D eigenvalue weighted by molar-refractivity contribution is -0.141. The molecule has 0 aromatic carbocycles. The maximum atomic E-state index is 11.4. The third-order valence-electron chi connectivity index (χ3n) is 5.53. The predicted molar refractivity (Wildman–Crippen MR) is 89.8 cm³/mol. The third kappa shape index (κ3) is 5.54. The molecule has 0 aromatic heterocycles. The van der Waals surface area contributed by atoms with Crippen LogP contribution in [0, 0.1) is 17.8 Å². The molecule has 22 heavy (non-hydrogen) atoms. The predicted octanol–water partition coefficient (Wildman–Crippen LogP) is 2.68. The van der Waals surface area contributed by atoms with Gasteiger partial charge < -0.3 is 15.0 Å². The SMILES string of the molecule is COC(=O)CCN1CC(NCC2CCCC2)CC(C(C)C)C1. The van der Waals surface area contributed by atoms with Crippen LogP contribution in [-0.2, 0) is 9.53 Å². The van der Waals surface area contributed by atoms with Crippen LogP contribution in [0.15, 0.2) is 0 Å². The van der Waals surface area contributed by atoms with Crippen LogP contribution in [0.5, 0.6) is 0 Å². The Balaban J connectivity index is 1.81. The maximum absolute atomic E-state index is 11.4. The summed E-state index contributed by atoms with van der Waals surface area (Å²) in [7, 11) is 1.47. The van der Waals surface area contributed by atoms with E-state index < -0.39 is 0 Å². The Bertz CT molecular complexity index is 340. The van der Waals surface area contributed by atoms with E-state index in [1.165, 1.54) is 45.8 Å². The first-order valence-corrected chi connectivity index (χ1v) is 9.11. The number of esters is 1. The molecular weight excluding hydrogens is 276 g/mol. The highest BCUT2D eigenvalue weighted by molar-refractivity contribution is 5.69. The summed E-state index contributed by atoms with van der Waals surface area (Å²) in [6, 6.07) is 0.583. The second-order valence-electron chi connectivity index (χ2n) is 7.58. The van der Waals surface area contributed by atoms with E-state index in [2.05, 4.69) is 24.1 Å². The quantitative estimate of drug-likeness (QED) is 0.734. The van der Waals surface area contributed by atoms with Crippen LogP contribution in [0.2, 0.25) is 0 Å². The molecule has 0 radical (unpaired) electrons. The van der Waals surface area contributed by atoms with E-state index in [-0.39, 0.29) is 5.97 Å². The first kappa shape index (κ1) is 17.7. The summed E-state index contributed by atoms with van der Waals surface area (Å²) in [6.45, 7) is 8.85. The van der Waals surface area contributed by atoms with Gasteiger partial charge in [-0.05, 0) is 43.6 Å². The van der Waals surface area contributed by atoms with Gasteiger partial charge in [0, 0.05) is 25.7 Å². The van der Waals surface area contributed by atoms with Crippen LogP contribution in [0.1, 0.15) is 52.4 Å². The highest BCUT2D eigenvalue weighted by atomic mass is 16.5. The van der Waals surface area contributed by atoms with Crippen molar-refractivity contribution in [2.24, 2.45) is 17.8 Å². The molecule has 1 saturated carbocycles. The van der Waals surface area contributed by atoms with Crippen molar-refractivity contribution in [3.63, 3.8) is 0 Å². The van der Waals surface area contributed by atoms with Crippen molar-refractivity contribution in [1.82, 2.24) is 10.2 Å². The van der Waals surface area contributed by atoms with Gasteiger partial charge in [0.2, 0.25) is 0 Å². The van der Waals surface area contributed by atoms with Crippen LogP contribution in [-0.4, -0.2) is 50.2 Å². The Hall–Kier alpha value is -0.610. The molecule has 1 N–H and O–H groups in total. The minimum Gasteiger partial charge on any atom is -0.469 e. The molecule has 128 valence electrons. The number of ether oxygens (including phenoxy) is 1. The maximum Gasteiger partial charge on any atom is 0.306 e. The van der Waals surface area contributed by atoms with Gasteiger partial charge in [0.05, 0.1) is 13.5 Å². The summed E-state index contributed by atoms with van der Waals surface area (Å²) in [4.78, 5) is 13.8. The van der Waals surface area contributed by atoms with E-state index in [0.717, 1.165) is 31.5 Å². The van der Waals surface area contributed by atoms with Gasteiger partial charge in [-0.2, -0.15) is 0 Å². The van der Waals surface area contributed by atoms with E-state index >= 15 is 0 Å². The van der Waals surface area contributed by atoms with Crippen LogP contribution < -0.4 is 5.32 Å². The first-order valence-electron chi connectivity index (χ1n) is 9.11. The average Bonchev–Trinajstić information content (AvgIpc) is 3.03. The monoisotopic (exact) mass is 310 g/mol. The van der Waals surface area contributed by atoms with Crippen molar-refractivity contribution < 1.29 is 9.53 Å². The zero-order valence-corrected chi connectivity index (χ0v) is 14.6. The first-order chi connectivity index (χ1) is 10.6. The summed E-state index contributed by atoms with van der Waals surface area (Å²) in [6.07, 6.45) is 7.42. The standard InChI is InChI=1S/C18H34N2O2/c1-14(2)16-10-17(19-11-15-6-4-5-7-15)13-20(12-16)9-8-18(21)22-3/h14-17,19H,4-13H2,1-3H3. The largest absolute Gasteiger partial charge is 0.469 e. The molecule has 0 spiro atoms. The minimum atomic E-state index is -0.0952. The van der Waals surface area contributed by atoms with Crippen molar-refractivity contribution in [3.8, 4) is 0 Å². The summed E-state index contributed by atoms with van der Waals surface area (Å²) in [5.41, 5.74) is 0. The highest BCUT2D eigenvalue weighted by Gasteiger charge is 2.29. The summed E-state index contributed by atoms with van der Waals surface area (Å²) >= 11 is 0. The molecule has 1 aliphatic heterocycles. The molecule has 1 aliphatic carbocycles. The molecule has 1 saturated heterocycles. The topological polar surface area (TPSA) is 41.6 Å². The Morgan fingerprint density at radius 3 is 2.64 bits per heavy atom. The van der Waals surface area contributed by atoms with E-state index in [9.17, 15) is 4.79 Å². The van der Waals surface area contributed by atoms with Gasteiger partial charge in [0.25, 0.3) is 0 Å². The number of nitrogens with zero attached hydrogens (tertiary/aromatic N) is 1. The van der Waals surface area contributed by atoms with Gasteiger partial charge in [-0.1, -0.05) is 26.7 Å². The van der Waals surface area contributed by atoms with E-state index in [4.69, 9.17) is 4.74 Å². The van der Waals surface area contributed by atoms with Crippen molar-refractivity contribution in [2.45, 2.75) is 58.4 Å². The van der Waals surface area contributed by atoms with Crippen molar-refractivity contribution >= 4 is 5.97 Å². The summed E-state index contributed by atoms with van der Waals surface area (Å²) in [5.74, 6) is 2.23. The Morgan fingerprint density at radius 1 is 1.27 bits per heavy atom. The summed E-state index contributed by atoms with van der Waals surface area (Å²) < 4.78 is 4.78. The number of rotatable bonds is 7. The number of carbonyl (C=O) groups excluding carboxylic acids is 1. The lowest BCUT2D eigenvalue weighted by atomic mass is 9.85. The number of likely N-dealkylation sites (tertiary alicyclic amines) is 1. The Kier molecular flexibility index (Phi) is 7.16. The van der Waals surface area contributed by atoms with Crippen LogP contribution >= 0.6 is 0 Å². The zero-order chi connectivity index (χ0) is 15.9. The van der Waals surface area contributed by atoms with Gasteiger partial charge in [0.15, 0.2) is 0 Å². The number of hydrogen-bond acceptors (Lipinski definition) is 4. The molecular formula is C18H34N2O2. The van der Waals surface area contributed by atoms with Gasteiger partial charge in [-0.3, -0.25) is 4.79 Å². The van der Waals surface area contributed by atoms with Crippen LogP contribution in [0.4, 0.5) is 0 Å². The summed E-state index contributed by atoms with van der Waals surface area (Å²) in [5, 5.41) is 3.82. The van der Waals surface area contributed by atoms with E-state index in [1.54, 1.807) is 0 Å². The molecule has 2 rings (SSSR count). The lowest BCUT2D eigenvalue weighted by Crippen LogP contribution is -2.51. The molecule has 4 heteroatoms. The fraction of sp³-hybridized carbons (Fsp3) is 0.944. The number of nitrogens with one attached hydrogen (secondary N) is 1. The number of hydrogen-bond donors (Lipinski definition) is 1. The Labute approximate surface area is 136 Å². The van der Waals surface area contributed by atoms with Gasteiger partial charge >= 0.3 is 5.97 Å². The third-order valence-corrected chi connectivity index (χ3v) is 5.53. The van der Waals surface area contributed by atoms with Crippen LogP contribution in [0.25, 0.3) is 0 Å². The molecule has 0 bridgehead atoms. The Morgan fingerprint density at radius 2 is 2.00 bits per heavy atom. The number of piperidine rings is 1. The molecule has 2 aliphatic rings. The van der Waals surface area contributed by atoms with Crippen molar-refractivity contribution in [3.05, 3.63) is 0 Å². The minimum absolute atomic E-state index is 0.0952. The molecule has 0 aromatic rings. The fourth-order valence-electron chi connectivity index (χ4n) is 3.95. The average molecular weight is 310 g/mol. The van der Waals surface area contributed by atoms with Crippen molar-refractivity contribution in [2.75, 3.05) is 33.3 Å². The van der Waals surface area contributed by atoms with Crippen molar-refractivity contribution in [1.29, 1.82) is 0 Å². The second kappa shape index (κ2) is 8.88. The second-order valence-corrected chi connectivity index (χ2v) is 7.58. The van der Waals surface area contributed by atoms with Gasteiger partial charge in [-0.25, -0.2) is 0 Å². The van der Waals surface area contributed by atoms with Gasteiger partial charge in [0.1, 0.15) is 0 Å². The number of carbonyl (C=O) groups is 1. The molecule has 2 atom stereocenters. The number of methoxy groups -OCH3 is 1. The molecule has 4 nitrogen and oxygen atoms in total. The fourth-order valence-corrected chi connectivity index (χ4v) is 3.95. The normalized spacial score (nSPS) is 27.5. The van der Waals surface area contributed by atoms with E-state index in [1.807, 2.05) is 0 Å². The lowest BCUT2D eigenvalue weighted by Gasteiger charge is -2.40. The van der Waals surface area contributed by atoms with Crippen LogP contribution in [0.3, 0.4) is 0 Å². The molecule has 0 amide bonds. The smallest absolute Gasteiger partial charge is 0.306 e. The van der Waals surface area contributed by atoms with E-state index in [0.29, 0.717) is 18.4 Å².